The molecule has 1 heterocycles. The molecule has 8 heteroatoms. The van der Waals surface area contributed by atoms with Gasteiger partial charge in [0, 0.05) is 57.6 Å². The molecule has 162 valence electrons. The lowest BCUT2D eigenvalue weighted by Gasteiger charge is -2.31. The molecule has 0 radical (unpaired) electrons. The first-order chi connectivity index (χ1) is 14.3. The van der Waals surface area contributed by atoms with Crippen LogP contribution >= 0.6 is 0 Å². The molecule has 0 atom stereocenters. The quantitative estimate of drug-likeness (QED) is 0.725. The summed E-state index contributed by atoms with van der Waals surface area (Å²) in [5.74, 6) is -0.260. The minimum absolute atomic E-state index is 0.171. The average molecular weight is 431 g/mol. The molecule has 1 saturated heterocycles. The summed E-state index contributed by atoms with van der Waals surface area (Å²) in [5.41, 5.74) is 2.22. The van der Waals surface area contributed by atoms with Crippen molar-refractivity contribution in [1.29, 1.82) is 0 Å². The van der Waals surface area contributed by atoms with E-state index in [1.54, 1.807) is 12.1 Å². The Morgan fingerprint density at radius 3 is 2.40 bits per heavy atom. The summed E-state index contributed by atoms with van der Waals surface area (Å²) in [6.45, 7) is 5.24. The van der Waals surface area contributed by atoms with Crippen molar-refractivity contribution in [3.63, 3.8) is 0 Å². The maximum Gasteiger partial charge on any atom is 0.251 e. The van der Waals surface area contributed by atoms with Gasteiger partial charge in [-0.25, -0.2) is 8.42 Å². The molecule has 3 rings (SSSR count). The molecule has 7 nitrogen and oxygen atoms in total. The number of piperazine rings is 1. The van der Waals surface area contributed by atoms with Gasteiger partial charge in [0.15, 0.2) is 0 Å². The Hall–Kier alpha value is -2.42. The molecule has 0 bridgehead atoms. The molecule has 2 aromatic carbocycles. The Morgan fingerprint density at radius 1 is 1.07 bits per heavy atom. The molecule has 2 aromatic rings. The van der Waals surface area contributed by atoms with Gasteiger partial charge in [-0.15, -0.1) is 0 Å². The van der Waals surface area contributed by atoms with Crippen molar-refractivity contribution in [2.45, 2.75) is 11.8 Å². The number of carbonyl (C=O) groups excluding carboxylic acids is 1. The first-order valence-corrected chi connectivity index (χ1v) is 11.6. The number of aryl methyl sites for hydroxylation is 1. The molecule has 0 unspecified atom stereocenters. The Labute approximate surface area is 179 Å². The lowest BCUT2D eigenvalue weighted by Crippen LogP contribution is -2.47. The van der Waals surface area contributed by atoms with Crippen LogP contribution in [-0.4, -0.2) is 76.9 Å². The largest absolute Gasteiger partial charge is 0.373 e. The molecule has 0 saturated carbocycles. The second kappa shape index (κ2) is 9.59. The lowest BCUT2D eigenvalue weighted by atomic mass is 10.1. The molecule has 0 aromatic heterocycles. The summed E-state index contributed by atoms with van der Waals surface area (Å²) in [4.78, 5) is 17.1. The maximum atomic E-state index is 13.0. The van der Waals surface area contributed by atoms with Crippen molar-refractivity contribution in [1.82, 2.24) is 14.5 Å². The lowest BCUT2D eigenvalue weighted by molar-refractivity contribution is 0.0954. The predicted molar refractivity (Wildman–Crippen MR) is 119 cm³/mol. The van der Waals surface area contributed by atoms with Crippen LogP contribution in [0.2, 0.25) is 0 Å². The monoisotopic (exact) mass is 430 g/mol. The maximum absolute atomic E-state index is 13.0. The summed E-state index contributed by atoms with van der Waals surface area (Å²) < 4.78 is 27.5. The van der Waals surface area contributed by atoms with E-state index >= 15 is 0 Å². The van der Waals surface area contributed by atoms with E-state index in [1.165, 1.54) is 10.4 Å². The van der Waals surface area contributed by atoms with Crippen LogP contribution in [0.15, 0.2) is 53.4 Å². The van der Waals surface area contributed by atoms with Gasteiger partial charge in [0.1, 0.15) is 0 Å². The van der Waals surface area contributed by atoms with Gasteiger partial charge in [-0.3, -0.25) is 4.79 Å². The van der Waals surface area contributed by atoms with Crippen LogP contribution < -0.4 is 10.2 Å². The number of hydrogen-bond acceptors (Lipinski definition) is 5. The third kappa shape index (κ3) is 5.19. The zero-order chi connectivity index (χ0) is 21.7. The van der Waals surface area contributed by atoms with Crippen molar-refractivity contribution in [2.24, 2.45) is 0 Å². The number of carbonyl (C=O) groups is 1. The number of para-hydroxylation sites is 1. The summed E-state index contributed by atoms with van der Waals surface area (Å²) in [6, 6.07) is 14.7. The zero-order valence-corrected chi connectivity index (χ0v) is 18.7. The van der Waals surface area contributed by atoms with Gasteiger partial charge in [-0.2, -0.15) is 4.31 Å². The third-order valence-corrected chi connectivity index (χ3v) is 7.38. The number of hydrogen-bond donors (Lipinski definition) is 1. The fraction of sp³-hybridized carbons (Fsp3) is 0.409. The van der Waals surface area contributed by atoms with Crippen molar-refractivity contribution < 1.29 is 13.2 Å². The highest BCUT2D eigenvalue weighted by atomic mass is 32.2. The number of amides is 1. The molecule has 0 aliphatic carbocycles. The van der Waals surface area contributed by atoms with Gasteiger partial charge < -0.3 is 15.1 Å². The SMILES string of the molecule is Cc1ccc(S(=O)(=O)N2CCN(C)CC2)cc1C(=O)NCCN(C)c1ccccc1. The van der Waals surface area contributed by atoms with E-state index in [1.807, 2.05) is 51.4 Å². The number of rotatable bonds is 7. The van der Waals surface area contributed by atoms with Crippen LogP contribution in [-0.2, 0) is 10.0 Å². The third-order valence-electron chi connectivity index (χ3n) is 5.48. The standard InChI is InChI=1S/C22H30N4O3S/c1-18-9-10-20(30(28,29)26-15-13-24(2)14-16-26)17-21(18)22(27)23-11-12-25(3)19-7-5-4-6-8-19/h4-10,17H,11-16H2,1-3H3,(H,23,27). The summed E-state index contributed by atoms with van der Waals surface area (Å²) in [6.07, 6.45) is 0. The second-order valence-electron chi connectivity index (χ2n) is 7.70. The van der Waals surface area contributed by atoms with Crippen LogP contribution in [0.1, 0.15) is 15.9 Å². The van der Waals surface area contributed by atoms with E-state index in [0.717, 1.165) is 11.3 Å². The number of benzene rings is 2. The van der Waals surface area contributed by atoms with Crippen LogP contribution in [0.25, 0.3) is 0 Å². The molecule has 1 amide bonds. The highest BCUT2D eigenvalue weighted by Gasteiger charge is 2.28. The Kier molecular flexibility index (Phi) is 7.12. The second-order valence-corrected chi connectivity index (χ2v) is 9.64. The van der Waals surface area contributed by atoms with E-state index < -0.39 is 10.0 Å². The number of nitrogens with zero attached hydrogens (tertiary/aromatic N) is 3. The van der Waals surface area contributed by atoms with Crippen molar-refractivity contribution in [2.75, 3.05) is 58.3 Å². The van der Waals surface area contributed by atoms with Crippen LogP contribution in [0.4, 0.5) is 5.69 Å². The minimum atomic E-state index is -3.61. The average Bonchev–Trinajstić information content (AvgIpc) is 2.74. The van der Waals surface area contributed by atoms with Crippen molar-refractivity contribution in [3.05, 3.63) is 59.7 Å². The fourth-order valence-electron chi connectivity index (χ4n) is 3.43. The zero-order valence-electron chi connectivity index (χ0n) is 17.8. The van der Waals surface area contributed by atoms with Gasteiger partial charge in [0.25, 0.3) is 5.91 Å². The normalized spacial score (nSPS) is 15.7. The highest BCUT2D eigenvalue weighted by Crippen LogP contribution is 2.21. The number of nitrogens with one attached hydrogen (secondary N) is 1. The molecule has 1 aliphatic heterocycles. The molecule has 1 aliphatic rings. The molecule has 1 fully saturated rings. The summed E-state index contributed by atoms with van der Waals surface area (Å²) in [5, 5.41) is 2.91. The van der Waals surface area contributed by atoms with Gasteiger partial charge in [-0.1, -0.05) is 24.3 Å². The first kappa shape index (κ1) is 22.3. The number of sulfonamides is 1. The highest BCUT2D eigenvalue weighted by molar-refractivity contribution is 7.89. The summed E-state index contributed by atoms with van der Waals surface area (Å²) in [7, 11) is 0.338. The van der Waals surface area contributed by atoms with Gasteiger partial charge in [-0.05, 0) is 43.8 Å². The van der Waals surface area contributed by atoms with Gasteiger partial charge in [0.2, 0.25) is 10.0 Å². The van der Waals surface area contributed by atoms with Crippen LogP contribution in [0.3, 0.4) is 0 Å². The Morgan fingerprint density at radius 2 is 1.73 bits per heavy atom. The fourth-order valence-corrected chi connectivity index (χ4v) is 4.88. The molecule has 30 heavy (non-hydrogen) atoms. The van der Waals surface area contributed by atoms with Crippen LogP contribution in [0.5, 0.6) is 0 Å². The van der Waals surface area contributed by atoms with Crippen molar-refractivity contribution >= 4 is 21.6 Å². The van der Waals surface area contributed by atoms with E-state index in [2.05, 4.69) is 15.1 Å². The summed E-state index contributed by atoms with van der Waals surface area (Å²) >= 11 is 0. The van der Waals surface area contributed by atoms with Crippen molar-refractivity contribution in [3.8, 4) is 0 Å². The van der Waals surface area contributed by atoms with E-state index in [0.29, 0.717) is 44.8 Å². The van der Waals surface area contributed by atoms with E-state index in [-0.39, 0.29) is 10.8 Å². The van der Waals surface area contributed by atoms with Gasteiger partial charge in [0.05, 0.1) is 4.90 Å². The Balaban J connectivity index is 1.66. The first-order valence-electron chi connectivity index (χ1n) is 10.1. The predicted octanol–water partition coefficient (Wildman–Crippen LogP) is 1.80. The van der Waals surface area contributed by atoms with Gasteiger partial charge >= 0.3 is 0 Å². The van der Waals surface area contributed by atoms with E-state index in [9.17, 15) is 13.2 Å². The molecular weight excluding hydrogens is 400 g/mol. The number of likely N-dealkylation sites (N-methyl/N-ethyl adjacent to an activating group) is 2. The number of anilines is 1. The topological polar surface area (TPSA) is 73.0 Å². The molecule has 1 N–H and O–H groups in total. The molecule has 0 spiro atoms. The minimum Gasteiger partial charge on any atom is -0.373 e. The Bertz CT molecular complexity index is 971. The van der Waals surface area contributed by atoms with E-state index in [4.69, 9.17) is 0 Å². The smallest absolute Gasteiger partial charge is 0.251 e. The van der Waals surface area contributed by atoms with Crippen LogP contribution in [0, 0.1) is 6.92 Å². The molecular formula is C22H30N4O3S.